The predicted octanol–water partition coefficient (Wildman–Crippen LogP) is 3.56. The van der Waals surface area contributed by atoms with Crippen molar-refractivity contribution in [3.63, 3.8) is 0 Å². The molecule has 0 aromatic heterocycles. The molecule has 0 N–H and O–H groups in total. The molecule has 1 aromatic rings. The summed E-state index contributed by atoms with van der Waals surface area (Å²) in [5.41, 5.74) is 0.989. The topological polar surface area (TPSA) is 26.3 Å². The molecule has 2 heteroatoms. The molecular formula is C15H20O2. The lowest BCUT2D eigenvalue weighted by molar-refractivity contribution is 0.0945. The first-order valence-corrected chi connectivity index (χ1v) is 6.00. The average Bonchev–Trinajstić information content (AvgIpc) is 2.69. The molecule has 2 rings (SSSR count). The van der Waals surface area contributed by atoms with E-state index in [1.54, 1.807) is 7.11 Å². The highest BCUT2D eigenvalue weighted by molar-refractivity contribution is 6.01. The standard InChI is InChI=1S/C15H20O2/c1-14(2)13(15(14,3)4)12(16)10-6-8-11(17-5)9-7-10/h6-9,13H,1-5H3. The minimum Gasteiger partial charge on any atom is -0.497 e. The van der Waals surface area contributed by atoms with Gasteiger partial charge in [-0.15, -0.1) is 0 Å². The van der Waals surface area contributed by atoms with Crippen LogP contribution < -0.4 is 4.74 Å². The molecule has 0 bridgehead atoms. The van der Waals surface area contributed by atoms with Crippen LogP contribution in [0.15, 0.2) is 24.3 Å². The lowest BCUT2D eigenvalue weighted by Crippen LogP contribution is -2.07. The maximum atomic E-state index is 12.4. The summed E-state index contributed by atoms with van der Waals surface area (Å²) in [7, 11) is 1.63. The van der Waals surface area contributed by atoms with Crippen LogP contribution in [0, 0.1) is 16.7 Å². The fourth-order valence-corrected chi connectivity index (χ4v) is 2.77. The minimum atomic E-state index is 0.101. The first-order chi connectivity index (χ1) is 7.82. The van der Waals surface area contributed by atoms with Crippen molar-refractivity contribution in [2.45, 2.75) is 27.7 Å². The number of Topliss-reactive ketones (excluding diaryl/α,β-unsaturated/α-hetero) is 1. The quantitative estimate of drug-likeness (QED) is 0.745. The van der Waals surface area contributed by atoms with E-state index in [-0.39, 0.29) is 22.5 Å². The Bertz CT molecular complexity index is 426. The molecule has 17 heavy (non-hydrogen) atoms. The maximum Gasteiger partial charge on any atom is 0.167 e. The molecule has 0 saturated heterocycles. The van der Waals surface area contributed by atoms with Gasteiger partial charge in [0.2, 0.25) is 0 Å². The zero-order chi connectivity index (χ0) is 12.8. The summed E-state index contributed by atoms with van der Waals surface area (Å²) in [4.78, 5) is 12.4. The maximum absolute atomic E-state index is 12.4. The zero-order valence-corrected chi connectivity index (χ0v) is 11.2. The molecule has 1 aliphatic carbocycles. The van der Waals surface area contributed by atoms with Gasteiger partial charge in [-0.3, -0.25) is 4.79 Å². The second-order valence-corrected chi connectivity index (χ2v) is 5.97. The number of benzene rings is 1. The van der Waals surface area contributed by atoms with Gasteiger partial charge in [0.15, 0.2) is 5.78 Å². The monoisotopic (exact) mass is 232 g/mol. The van der Waals surface area contributed by atoms with Gasteiger partial charge in [0, 0.05) is 11.5 Å². The van der Waals surface area contributed by atoms with Crippen molar-refractivity contribution in [2.24, 2.45) is 16.7 Å². The van der Waals surface area contributed by atoms with Crippen molar-refractivity contribution in [1.82, 2.24) is 0 Å². The largest absolute Gasteiger partial charge is 0.497 e. The number of rotatable bonds is 3. The van der Waals surface area contributed by atoms with Crippen LogP contribution in [-0.4, -0.2) is 12.9 Å². The summed E-state index contributed by atoms with van der Waals surface area (Å²) >= 11 is 0. The summed E-state index contributed by atoms with van der Waals surface area (Å²) in [6.45, 7) is 8.66. The summed E-state index contributed by atoms with van der Waals surface area (Å²) in [5, 5.41) is 0. The zero-order valence-electron chi connectivity index (χ0n) is 11.2. The molecule has 1 aliphatic rings. The Morgan fingerprint density at radius 3 is 1.88 bits per heavy atom. The number of hydrogen-bond acceptors (Lipinski definition) is 2. The van der Waals surface area contributed by atoms with Crippen molar-refractivity contribution in [1.29, 1.82) is 0 Å². The van der Waals surface area contributed by atoms with Crippen LogP contribution in [0.5, 0.6) is 5.75 Å². The SMILES string of the molecule is COc1ccc(C(=O)C2C(C)(C)C2(C)C)cc1. The fourth-order valence-electron chi connectivity index (χ4n) is 2.77. The first-order valence-electron chi connectivity index (χ1n) is 6.00. The normalized spacial score (nSPS) is 21.0. The molecule has 0 radical (unpaired) electrons. The minimum absolute atomic E-state index is 0.101. The first kappa shape index (κ1) is 12.2. The molecule has 0 aliphatic heterocycles. The average molecular weight is 232 g/mol. The Morgan fingerprint density at radius 2 is 1.53 bits per heavy atom. The molecule has 0 atom stereocenters. The van der Waals surface area contributed by atoms with E-state index in [0.29, 0.717) is 0 Å². The van der Waals surface area contributed by atoms with Crippen molar-refractivity contribution < 1.29 is 9.53 Å². The van der Waals surface area contributed by atoms with Gasteiger partial charge in [0.25, 0.3) is 0 Å². The fraction of sp³-hybridized carbons (Fsp3) is 0.533. The highest BCUT2D eigenvalue weighted by atomic mass is 16.5. The summed E-state index contributed by atoms with van der Waals surface area (Å²) < 4.78 is 5.10. The number of ether oxygens (including phenoxy) is 1. The Balaban J connectivity index is 2.22. The highest BCUT2D eigenvalue weighted by Gasteiger charge is 2.67. The Hall–Kier alpha value is -1.31. The third-order valence-electron chi connectivity index (χ3n) is 4.66. The van der Waals surface area contributed by atoms with Gasteiger partial charge in [0.1, 0.15) is 5.75 Å². The molecule has 0 unspecified atom stereocenters. The van der Waals surface area contributed by atoms with E-state index < -0.39 is 0 Å². The number of carbonyl (C=O) groups excluding carboxylic acids is 1. The third kappa shape index (κ3) is 1.67. The van der Waals surface area contributed by atoms with Crippen LogP contribution >= 0.6 is 0 Å². The molecule has 0 amide bonds. The lowest BCUT2D eigenvalue weighted by atomic mass is 10.0. The number of hydrogen-bond donors (Lipinski definition) is 0. The van der Waals surface area contributed by atoms with Crippen LogP contribution in [-0.2, 0) is 0 Å². The van der Waals surface area contributed by atoms with Crippen LogP contribution in [0.25, 0.3) is 0 Å². The van der Waals surface area contributed by atoms with Gasteiger partial charge in [-0.25, -0.2) is 0 Å². The molecule has 0 heterocycles. The molecule has 1 saturated carbocycles. The van der Waals surface area contributed by atoms with Crippen molar-refractivity contribution >= 4 is 5.78 Å². The highest BCUT2D eigenvalue weighted by Crippen LogP contribution is 2.69. The summed E-state index contributed by atoms with van der Waals surface area (Å²) in [6, 6.07) is 7.39. The molecule has 92 valence electrons. The number of carbonyl (C=O) groups is 1. The molecule has 1 aromatic carbocycles. The van der Waals surface area contributed by atoms with E-state index in [2.05, 4.69) is 27.7 Å². The van der Waals surface area contributed by atoms with Gasteiger partial charge >= 0.3 is 0 Å². The van der Waals surface area contributed by atoms with Crippen molar-refractivity contribution in [2.75, 3.05) is 7.11 Å². The van der Waals surface area contributed by atoms with Crippen molar-refractivity contribution in [3.8, 4) is 5.75 Å². The van der Waals surface area contributed by atoms with Gasteiger partial charge in [0.05, 0.1) is 7.11 Å². The molecule has 1 fully saturated rings. The number of ketones is 1. The van der Waals surface area contributed by atoms with E-state index in [9.17, 15) is 4.79 Å². The van der Waals surface area contributed by atoms with Crippen LogP contribution in [0.3, 0.4) is 0 Å². The Labute approximate surface area is 103 Å². The van der Waals surface area contributed by atoms with E-state index in [1.165, 1.54) is 0 Å². The third-order valence-corrected chi connectivity index (χ3v) is 4.66. The van der Waals surface area contributed by atoms with Crippen LogP contribution in [0.2, 0.25) is 0 Å². The predicted molar refractivity (Wildman–Crippen MR) is 68.4 cm³/mol. The summed E-state index contributed by atoms with van der Waals surface area (Å²) in [5.74, 6) is 1.17. The van der Waals surface area contributed by atoms with Crippen LogP contribution in [0.4, 0.5) is 0 Å². The smallest absolute Gasteiger partial charge is 0.167 e. The second-order valence-electron chi connectivity index (χ2n) is 5.97. The lowest BCUT2D eigenvalue weighted by Gasteiger charge is -2.04. The van der Waals surface area contributed by atoms with Crippen molar-refractivity contribution in [3.05, 3.63) is 29.8 Å². The van der Waals surface area contributed by atoms with E-state index >= 15 is 0 Å². The van der Waals surface area contributed by atoms with Gasteiger partial charge in [-0.05, 0) is 35.1 Å². The van der Waals surface area contributed by atoms with E-state index in [0.717, 1.165) is 11.3 Å². The van der Waals surface area contributed by atoms with E-state index in [4.69, 9.17) is 4.74 Å². The van der Waals surface area contributed by atoms with E-state index in [1.807, 2.05) is 24.3 Å². The molecule has 2 nitrogen and oxygen atoms in total. The Kier molecular flexibility index (Phi) is 2.57. The molecule has 0 spiro atoms. The van der Waals surface area contributed by atoms with Crippen LogP contribution in [0.1, 0.15) is 38.1 Å². The van der Waals surface area contributed by atoms with Gasteiger partial charge in [-0.1, -0.05) is 27.7 Å². The van der Waals surface area contributed by atoms with Gasteiger partial charge < -0.3 is 4.74 Å². The Morgan fingerprint density at radius 1 is 1.06 bits per heavy atom. The second kappa shape index (κ2) is 3.59. The molecular weight excluding hydrogens is 212 g/mol. The number of methoxy groups -OCH3 is 1. The summed E-state index contributed by atoms with van der Waals surface area (Å²) in [6.07, 6.45) is 0. The van der Waals surface area contributed by atoms with Gasteiger partial charge in [-0.2, -0.15) is 0 Å².